The lowest BCUT2D eigenvalue weighted by Crippen LogP contribution is -2.59. The van der Waals surface area contributed by atoms with Gasteiger partial charge < -0.3 is 35.0 Å². The van der Waals surface area contributed by atoms with Crippen molar-refractivity contribution in [3.63, 3.8) is 0 Å². The molecule has 2 fully saturated rings. The zero-order chi connectivity index (χ0) is 45.2. The van der Waals surface area contributed by atoms with E-state index in [1.807, 2.05) is 60.5 Å². The number of aliphatic hydroxyl groups is 1. The summed E-state index contributed by atoms with van der Waals surface area (Å²) in [5.74, 6) is -3.70. The average molecular weight is 865 g/mol. The predicted molar refractivity (Wildman–Crippen MR) is 229 cm³/mol. The molecule has 5 amide bonds. The van der Waals surface area contributed by atoms with Gasteiger partial charge in [0.05, 0.1) is 54.0 Å². The van der Waals surface area contributed by atoms with Crippen LogP contribution >= 0.6 is 0 Å². The minimum absolute atomic E-state index is 0.00111. The van der Waals surface area contributed by atoms with Crippen molar-refractivity contribution in [3.8, 4) is 0 Å². The van der Waals surface area contributed by atoms with E-state index in [0.717, 1.165) is 0 Å². The first-order valence-corrected chi connectivity index (χ1v) is 22.8. The number of rotatable bonds is 23. The van der Waals surface area contributed by atoms with Gasteiger partial charge in [-0.15, -0.1) is 0 Å². The maximum Gasteiger partial charge on any atom is 0.256 e. The first-order chi connectivity index (χ1) is 28.1. The highest BCUT2D eigenvalue weighted by Gasteiger charge is 2.46. The molecule has 1 saturated carbocycles. The summed E-state index contributed by atoms with van der Waals surface area (Å²) in [5, 5.41) is 16.0. The number of likely N-dealkylation sites (tertiary alicyclic amines) is 1. The van der Waals surface area contributed by atoms with Crippen LogP contribution in [-0.2, 0) is 49.9 Å². The number of benzene rings is 1. The molecule has 1 aromatic carbocycles. The second-order valence-corrected chi connectivity index (χ2v) is 19.6. The highest BCUT2D eigenvalue weighted by molar-refractivity contribution is 7.90. The van der Waals surface area contributed by atoms with Gasteiger partial charge >= 0.3 is 0 Å². The molecular weight excluding hydrogens is 793 g/mol. The van der Waals surface area contributed by atoms with E-state index in [-0.39, 0.29) is 61.3 Å². The Hall–Kier alpha value is -3.64. The normalized spacial score (nSPS) is 21.1. The number of carbonyl (C=O) groups excluding carboxylic acids is 5. The quantitative estimate of drug-likeness (QED) is 0.125. The fourth-order valence-electron chi connectivity index (χ4n) is 8.44. The summed E-state index contributed by atoms with van der Waals surface area (Å²) in [5.41, 5.74) is 0.706. The average Bonchev–Trinajstić information content (AvgIpc) is 3.98. The van der Waals surface area contributed by atoms with Crippen LogP contribution in [0, 0.1) is 23.7 Å². The number of ether oxygens (including phenoxy) is 2. The van der Waals surface area contributed by atoms with Crippen LogP contribution in [-0.4, -0.2) is 153 Å². The van der Waals surface area contributed by atoms with Crippen LogP contribution in [0.25, 0.3) is 0 Å². The molecular formula is C43H72N6O10S. The molecule has 1 heterocycles. The van der Waals surface area contributed by atoms with Gasteiger partial charge in [0.2, 0.25) is 33.7 Å². The van der Waals surface area contributed by atoms with Gasteiger partial charge in [-0.2, -0.15) is 0 Å². The van der Waals surface area contributed by atoms with Gasteiger partial charge in [-0.05, 0) is 56.7 Å². The Morgan fingerprint density at radius 2 is 1.50 bits per heavy atom. The number of β-amino-alcohol motifs (C(OH)–C–C–N with tert-alkyl or cyclic N) is 1. The molecule has 17 heteroatoms. The fraction of sp³-hybridized carbons (Fsp3) is 0.744. The molecule has 0 unspecified atom stereocenters. The van der Waals surface area contributed by atoms with E-state index in [2.05, 4.69) is 15.4 Å². The molecule has 4 N–H and O–H groups in total. The van der Waals surface area contributed by atoms with Crippen molar-refractivity contribution in [2.24, 2.45) is 23.7 Å². The van der Waals surface area contributed by atoms with E-state index in [1.165, 1.54) is 19.1 Å². The first kappa shape index (κ1) is 50.7. The summed E-state index contributed by atoms with van der Waals surface area (Å²) < 4.78 is 39.4. The number of nitrogens with one attached hydrogen (secondary N) is 3. The third-order valence-corrected chi connectivity index (χ3v) is 13.9. The smallest absolute Gasteiger partial charge is 0.256 e. The Bertz CT molecular complexity index is 1700. The summed E-state index contributed by atoms with van der Waals surface area (Å²) >= 11 is 0. The lowest BCUT2D eigenvalue weighted by atomic mass is 9.89. The third kappa shape index (κ3) is 13.2. The van der Waals surface area contributed by atoms with Crippen molar-refractivity contribution in [2.75, 3.05) is 41.9 Å². The summed E-state index contributed by atoms with van der Waals surface area (Å²) in [4.78, 5) is 74.4. The number of methoxy groups -OCH3 is 2. The molecule has 1 aromatic rings. The first-order valence-electron chi connectivity index (χ1n) is 21.3. The highest BCUT2D eigenvalue weighted by atomic mass is 32.2. The number of likely N-dealkylation sites (N-methyl/N-ethyl adjacent to an activating group) is 2. The maximum absolute atomic E-state index is 14.3. The predicted octanol–water partition coefficient (Wildman–Crippen LogP) is 1.94. The monoisotopic (exact) mass is 865 g/mol. The molecule has 1 aliphatic carbocycles. The lowest BCUT2D eigenvalue weighted by Gasteiger charge is -2.41. The van der Waals surface area contributed by atoms with Gasteiger partial charge in [0.25, 0.3) is 5.91 Å². The van der Waals surface area contributed by atoms with Gasteiger partial charge in [-0.1, -0.05) is 85.2 Å². The van der Waals surface area contributed by atoms with E-state index in [9.17, 15) is 37.5 Å². The molecule has 10 atom stereocenters. The van der Waals surface area contributed by atoms with Gasteiger partial charge in [0.15, 0.2) is 0 Å². The Labute approximate surface area is 357 Å². The zero-order valence-corrected chi connectivity index (χ0v) is 38.5. The van der Waals surface area contributed by atoms with Gasteiger partial charge in [-0.25, -0.2) is 8.42 Å². The molecule has 1 saturated heterocycles. The molecule has 0 spiro atoms. The number of aliphatic hydroxyl groups excluding tert-OH is 1. The summed E-state index contributed by atoms with van der Waals surface area (Å²) in [7, 11) is 4.31. The minimum Gasteiger partial charge on any atom is -0.391 e. The van der Waals surface area contributed by atoms with Crippen LogP contribution in [0.15, 0.2) is 30.3 Å². The Morgan fingerprint density at radius 3 is 2.00 bits per heavy atom. The molecule has 3 rings (SSSR count). The molecule has 60 heavy (non-hydrogen) atoms. The summed E-state index contributed by atoms with van der Waals surface area (Å²) in [6, 6.07) is 5.07. The van der Waals surface area contributed by atoms with E-state index in [4.69, 9.17) is 9.47 Å². The van der Waals surface area contributed by atoms with Crippen molar-refractivity contribution in [2.45, 2.75) is 141 Å². The molecule has 1 aliphatic heterocycles. The molecule has 0 aromatic heterocycles. The zero-order valence-electron chi connectivity index (χ0n) is 37.7. The molecule has 340 valence electrons. The van der Waals surface area contributed by atoms with Gasteiger partial charge in [0, 0.05) is 34.2 Å². The van der Waals surface area contributed by atoms with Crippen LogP contribution in [0.4, 0.5) is 0 Å². The van der Waals surface area contributed by atoms with Crippen molar-refractivity contribution in [3.05, 3.63) is 35.9 Å². The Morgan fingerprint density at radius 1 is 0.883 bits per heavy atom. The SMILES string of the molecule is CC[C@H](C)[C@@H]([C@@H](CC(=O)N1C[C@H](O)C[C@H]1[C@H](OC)[C@@H](C)C(=O)N[C@@H](Cc1ccccc1)C(=O)NS(=O)(=O)C1CC1)OC)N(C)C(=O)[C@@H](NC(=O)[C@H](C(C)C)N(C)C)C(C)C. The third-order valence-electron chi connectivity index (χ3n) is 12.1. The highest BCUT2D eigenvalue weighted by Crippen LogP contribution is 2.31. The summed E-state index contributed by atoms with van der Waals surface area (Å²) in [6.07, 6.45) is -1.07. The fourth-order valence-corrected chi connectivity index (χ4v) is 9.79. The van der Waals surface area contributed by atoms with Crippen LogP contribution in [0.5, 0.6) is 0 Å². The number of sulfonamides is 1. The lowest BCUT2D eigenvalue weighted by molar-refractivity contribution is -0.148. The van der Waals surface area contributed by atoms with Crippen molar-refractivity contribution in [1.29, 1.82) is 0 Å². The van der Waals surface area contributed by atoms with E-state index < -0.39 is 81.5 Å². The maximum atomic E-state index is 14.3. The molecule has 2 aliphatic rings. The Balaban J connectivity index is 1.84. The van der Waals surface area contributed by atoms with Crippen LogP contribution in [0.2, 0.25) is 0 Å². The van der Waals surface area contributed by atoms with E-state index in [0.29, 0.717) is 24.8 Å². The van der Waals surface area contributed by atoms with E-state index in [1.54, 1.807) is 49.2 Å². The van der Waals surface area contributed by atoms with Gasteiger partial charge in [0.1, 0.15) is 12.1 Å². The molecule has 16 nitrogen and oxygen atoms in total. The standard InChI is InChI=1S/C43H72N6O10S/c1-13-27(6)38(48(10)43(55)36(25(2)3)45-42(54)37(26(4)5)47(8)9)34(58-11)23-35(51)49-24-30(50)22-33(49)39(59-12)28(7)40(52)44-32(21-29-17-15-14-16-18-29)41(53)46-60(56,57)31-19-20-31/h14-18,25-28,30-34,36-39,50H,13,19-24H2,1-12H3,(H,44,52)(H,45,54)(H,46,53)/t27-,28+,30+,32-,33-,34+,36-,37-,38-,39+/m0/s1. The number of hydrogen-bond acceptors (Lipinski definition) is 11. The number of hydrogen-bond donors (Lipinski definition) is 4. The van der Waals surface area contributed by atoms with E-state index >= 15 is 0 Å². The number of nitrogens with zero attached hydrogens (tertiary/aromatic N) is 3. The van der Waals surface area contributed by atoms with Gasteiger partial charge in [-0.3, -0.25) is 33.6 Å². The summed E-state index contributed by atoms with van der Waals surface area (Å²) in [6.45, 7) is 13.2. The topological polar surface area (TPSA) is 204 Å². The molecule has 0 bridgehead atoms. The van der Waals surface area contributed by atoms with Crippen molar-refractivity contribution >= 4 is 39.6 Å². The number of amides is 5. The van der Waals surface area contributed by atoms with Crippen molar-refractivity contribution < 1.29 is 47.0 Å². The largest absolute Gasteiger partial charge is 0.391 e. The second-order valence-electron chi connectivity index (χ2n) is 17.6. The molecule has 0 radical (unpaired) electrons. The van der Waals surface area contributed by atoms with Crippen LogP contribution in [0.1, 0.15) is 86.1 Å². The number of carbonyl (C=O) groups is 5. The van der Waals surface area contributed by atoms with Crippen LogP contribution in [0.3, 0.4) is 0 Å². The Kier molecular flexibility index (Phi) is 19.0. The minimum atomic E-state index is -3.89. The second kappa shape index (κ2) is 22.5. The van der Waals surface area contributed by atoms with Crippen LogP contribution < -0.4 is 15.4 Å². The van der Waals surface area contributed by atoms with Crippen molar-refractivity contribution in [1.82, 2.24) is 30.1 Å².